The molecule has 0 radical (unpaired) electrons. The van der Waals surface area contributed by atoms with Crippen LogP contribution in [0.3, 0.4) is 0 Å². The van der Waals surface area contributed by atoms with Crippen LogP contribution in [0.4, 0.5) is 5.69 Å². The Labute approximate surface area is 240 Å². The predicted molar refractivity (Wildman–Crippen MR) is 160 cm³/mol. The third kappa shape index (κ3) is 9.85. The molecule has 0 saturated carbocycles. The smallest absolute Gasteiger partial charge is 0.207 e. The number of amides is 1. The lowest BCUT2D eigenvalue weighted by Crippen LogP contribution is -2.32. The van der Waals surface area contributed by atoms with Crippen molar-refractivity contribution in [2.45, 2.75) is 25.8 Å². The predicted octanol–water partition coefficient (Wildman–Crippen LogP) is 2.95. The number of rotatable bonds is 10. The summed E-state index contributed by atoms with van der Waals surface area (Å²) in [6, 6.07) is 17.6. The molecule has 3 heterocycles. The summed E-state index contributed by atoms with van der Waals surface area (Å²) in [6.45, 7) is 9.35. The fourth-order valence-electron chi connectivity index (χ4n) is 4.22. The van der Waals surface area contributed by atoms with E-state index in [9.17, 15) is 4.79 Å². The Kier molecular flexibility index (Phi) is 12.5. The van der Waals surface area contributed by atoms with Gasteiger partial charge in [-0.2, -0.15) is 10.2 Å². The van der Waals surface area contributed by atoms with Crippen molar-refractivity contribution in [3.05, 3.63) is 83.9 Å². The molecule has 218 valence electrons. The van der Waals surface area contributed by atoms with Crippen molar-refractivity contribution in [3.63, 3.8) is 0 Å². The molecule has 1 saturated heterocycles. The molecule has 41 heavy (non-hydrogen) atoms. The van der Waals surface area contributed by atoms with Gasteiger partial charge in [0.2, 0.25) is 6.41 Å². The summed E-state index contributed by atoms with van der Waals surface area (Å²) in [4.78, 5) is 12.4. The number of carbonyl (C=O) groups excluding carboxylic acids is 1. The summed E-state index contributed by atoms with van der Waals surface area (Å²) >= 11 is 0. The van der Waals surface area contributed by atoms with E-state index in [1.165, 1.54) is 0 Å². The van der Waals surface area contributed by atoms with Crippen LogP contribution in [-0.2, 0) is 23.0 Å². The molecule has 12 heteroatoms. The Balaban J connectivity index is 0.000000186. The van der Waals surface area contributed by atoms with Gasteiger partial charge < -0.3 is 15.8 Å². The molecule has 12 nitrogen and oxygen atoms in total. The number of benzene rings is 2. The minimum atomic E-state index is 0.347. The molecule has 2 aromatic heterocycles. The van der Waals surface area contributed by atoms with Gasteiger partial charge in [-0.1, -0.05) is 30.3 Å². The van der Waals surface area contributed by atoms with Gasteiger partial charge in [-0.25, -0.2) is 9.64 Å². The van der Waals surface area contributed by atoms with Crippen molar-refractivity contribution in [1.82, 2.24) is 30.3 Å². The van der Waals surface area contributed by atoms with Crippen molar-refractivity contribution < 1.29 is 14.2 Å². The number of nitrogens with zero attached hydrogens (tertiary/aromatic N) is 7. The summed E-state index contributed by atoms with van der Waals surface area (Å²) < 4.78 is 11.2. The van der Waals surface area contributed by atoms with E-state index in [1.54, 1.807) is 16.8 Å². The number of likely N-dealkylation sites (tertiary alicyclic amines) is 1. The van der Waals surface area contributed by atoms with Crippen LogP contribution in [0, 0.1) is 0 Å². The number of para-hydroxylation sites is 1. The van der Waals surface area contributed by atoms with Gasteiger partial charge in [-0.05, 0) is 59.1 Å². The van der Waals surface area contributed by atoms with Gasteiger partial charge in [0.25, 0.3) is 0 Å². The monoisotopic (exact) mass is 561 g/mol. The maximum absolute atomic E-state index is 10.1. The fourth-order valence-corrected chi connectivity index (χ4v) is 4.22. The summed E-state index contributed by atoms with van der Waals surface area (Å²) in [5.74, 6) is 0.593. The van der Waals surface area contributed by atoms with Gasteiger partial charge in [-0.3, -0.25) is 14.4 Å². The van der Waals surface area contributed by atoms with Gasteiger partial charge in [0.15, 0.2) is 0 Å². The van der Waals surface area contributed by atoms with E-state index in [1.807, 2.05) is 81.0 Å². The summed E-state index contributed by atoms with van der Waals surface area (Å²) in [6.07, 6.45) is 6.39. The minimum absolute atomic E-state index is 0.347. The zero-order chi connectivity index (χ0) is 29.5. The number of aryl methyl sites for hydroxylation is 1. The Hall–Kier alpha value is -4.55. The quantitative estimate of drug-likeness (QED) is 0.170. The van der Waals surface area contributed by atoms with E-state index in [-0.39, 0.29) is 0 Å². The van der Waals surface area contributed by atoms with Crippen LogP contribution in [0.1, 0.15) is 18.9 Å². The Morgan fingerprint density at radius 1 is 1.22 bits per heavy atom. The third-order valence-corrected chi connectivity index (χ3v) is 6.38. The Morgan fingerprint density at radius 2 is 1.90 bits per heavy atom. The first-order valence-corrected chi connectivity index (χ1v) is 13.3. The second-order valence-electron chi connectivity index (χ2n) is 9.47. The highest BCUT2D eigenvalue weighted by molar-refractivity contribution is 5.72. The number of aromatic nitrogens is 4. The second kappa shape index (κ2) is 16.5. The molecule has 3 N–H and O–H groups in total. The lowest BCUT2D eigenvalue weighted by molar-refractivity contribution is -0.110. The van der Waals surface area contributed by atoms with E-state index in [0.29, 0.717) is 11.9 Å². The molecule has 0 aliphatic carbocycles. The van der Waals surface area contributed by atoms with Crippen molar-refractivity contribution >= 4 is 29.8 Å². The molecule has 0 spiro atoms. The zero-order valence-electron chi connectivity index (χ0n) is 23.9. The van der Waals surface area contributed by atoms with E-state index >= 15 is 0 Å². The van der Waals surface area contributed by atoms with Crippen molar-refractivity contribution in [1.29, 1.82) is 0 Å². The number of hydrogen-bond donors (Lipinski definition) is 2. The molecule has 0 bridgehead atoms. The van der Waals surface area contributed by atoms with Crippen LogP contribution in [0.5, 0.6) is 0 Å². The van der Waals surface area contributed by atoms with Crippen LogP contribution in [-0.4, -0.2) is 77.5 Å². The number of methoxy groups -OCH3 is 1. The molecule has 1 atom stereocenters. The number of allylic oxidation sites excluding steroid dienone is 1. The van der Waals surface area contributed by atoms with Gasteiger partial charge in [0.05, 0.1) is 18.5 Å². The Morgan fingerprint density at radius 3 is 2.49 bits per heavy atom. The van der Waals surface area contributed by atoms with Crippen LogP contribution >= 0.6 is 0 Å². The average Bonchev–Trinajstić information content (AvgIpc) is 3.75. The second-order valence-corrected chi connectivity index (χ2v) is 9.47. The van der Waals surface area contributed by atoms with Crippen molar-refractivity contribution in [2.75, 3.05) is 38.4 Å². The molecule has 1 aliphatic rings. The van der Waals surface area contributed by atoms with E-state index in [0.717, 1.165) is 73.4 Å². The van der Waals surface area contributed by atoms with Crippen LogP contribution in [0.25, 0.3) is 11.0 Å². The normalized spacial score (nSPS) is 15.1. The number of hydrogen-bond acceptors (Lipinski definition) is 10. The largest absolute Gasteiger partial charge is 0.384 e. The summed E-state index contributed by atoms with van der Waals surface area (Å²) in [5.41, 5.74) is 10.8. The summed E-state index contributed by atoms with van der Waals surface area (Å²) in [7, 11) is 3.60. The molecule has 1 amide bonds. The topological polar surface area (TPSA) is 140 Å². The lowest BCUT2D eigenvalue weighted by Gasteiger charge is -2.20. The number of carbonyl (C=O) groups is 1. The maximum atomic E-state index is 10.1. The van der Waals surface area contributed by atoms with Crippen LogP contribution in [0.2, 0.25) is 0 Å². The molecule has 5 rings (SSSR count). The third-order valence-electron chi connectivity index (χ3n) is 6.38. The SMILES string of the molecule is C=NN(/C(N)=C(/C)Cc1cnn(C)c1)c1ccccc1.COCCN1CC[C@H](NC=O)C1.c1ccc2nonc2c1. The molecular formula is C29H39N9O3. The molecule has 4 aromatic rings. The van der Waals surface area contributed by atoms with Crippen molar-refractivity contribution in [3.8, 4) is 0 Å². The van der Waals surface area contributed by atoms with E-state index < -0.39 is 0 Å². The highest BCUT2D eigenvalue weighted by Gasteiger charge is 2.20. The van der Waals surface area contributed by atoms with Crippen LogP contribution < -0.4 is 16.1 Å². The van der Waals surface area contributed by atoms with Gasteiger partial charge in [-0.15, -0.1) is 0 Å². The number of ether oxygens (including phenoxy) is 1. The highest BCUT2D eigenvalue weighted by atomic mass is 16.6. The lowest BCUT2D eigenvalue weighted by atomic mass is 10.1. The number of nitrogens with two attached hydrogens (primary N) is 1. The fraction of sp³-hybridized carbons (Fsp3) is 0.345. The first-order chi connectivity index (χ1) is 19.9. The minimum Gasteiger partial charge on any atom is -0.384 e. The number of fused-ring (bicyclic) bond motifs is 1. The maximum Gasteiger partial charge on any atom is 0.207 e. The summed E-state index contributed by atoms with van der Waals surface area (Å²) in [5, 5.41) is 19.9. The molecular weight excluding hydrogens is 522 g/mol. The molecule has 1 aliphatic heterocycles. The molecule has 0 unspecified atom stereocenters. The van der Waals surface area contributed by atoms with Gasteiger partial charge >= 0.3 is 0 Å². The molecule has 1 fully saturated rings. The van der Waals surface area contributed by atoms with Crippen molar-refractivity contribution in [2.24, 2.45) is 17.9 Å². The van der Waals surface area contributed by atoms with Crippen LogP contribution in [0.15, 0.2) is 88.1 Å². The number of hydrazone groups is 1. The highest BCUT2D eigenvalue weighted by Crippen LogP contribution is 2.20. The van der Waals surface area contributed by atoms with E-state index in [2.05, 4.69) is 42.1 Å². The average molecular weight is 562 g/mol. The zero-order valence-corrected chi connectivity index (χ0v) is 23.9. The van der Waals surface area contributed by atoms with Gasteiger partial charge in [0, 0.05) is 59.2 Å². The number of nitrogens with one attached hydrogen (secondary N) is 1. The standard InChI is InChI=1S/C15H19N5.C8H16N2O2.C6H4N2O/c1-12(9-13-10-18-19(3)11-13)15(16)20(17-2)14-7-5-4-6-8-14;1-12-5-4-10-3-2-8(6-10)9-7-11;1-2-4-6-5(3-1)7-9-8-6/h4-8,10-11H,2,9,16H2,1,3H3;7-8H,2-6H2,1H3,(H,9,11);1-4H/b15-12-;;/t;8-;/m.0./s1. The first kappa shape index (κ1) is 31.0. The molecule has 2 aromatic carbocycles. The number of anilines is 1. The van der Waals surface area contributed by atoms with Gasteiger partial charge in [0.1, 0.15) is 16.9 Å². The van der Waals surface area contributed by atoms with E-state index in [4.69, 9.17) is 10.5 Å². The Bertz CT molecular complexity index is 1340. The first-order valence-electron chi connectivity index (χ1n) is 13.3.